The van der Waals surface area contributed by atoms with Crippen LogP contribution in [-0.4, -0.2) is 38.7 Å². The highest BCUT2D eigenvalue weighted by molar-refractivity contribution is 5.89. The molecule has 3 aromatic rings. The second-order valence-electron chi connectivity index (χ2n) is 7.82. The number of hydrogen-bond donors (Lipinski definition) is 1. The van der Waals surface area contributed by atoms with Gasteiger partial charge in [-0.25, -0.2) is 28.5 Å². The zero-order valence-electron chi connectivity index (χ0n) is 18.2. The van der Waals surface area contributed by atoms with E-state index in [2.05, 4.69) is 25.3 Å². The van der Waals surface area contributed by atoms with Crippen molar-refractivity contribution in [2.45, 2.75) is 32.9 Å². The monoisotopic (exact) mass is 456 g/mol. The molecule has 11 heteroatoms. The number of ether oxygens (including phenoxy) is 2. The van der Waals surface area contributed by atoms with E-state index in [9.17, 15) is 13.6 Å². The van der Waals surface area contributed by atoms with Crippen molar-refractivity contribution in [2.75, 3.05) is 16.8 Å². The molecule has 4 rings (SSSR count). The number of amides is 1. The number of cyclic esters (lactones) is 1. The fraction of sp³-hybridized carbons (Fsp3) is 0.318. The Morgan fingerprint density at radius 3 is 2.61 bits per heavy atom. The lowest BCUT2D eigenvalue weighted by Crippen LogP contribution is -2.37. The molecule has 1 saturated heterocycles. The number of benzene rings is 1. The zero-order valence-corrected chi connectivity index (χ0v) is 18.2. The van der Waals surface area contributed by atoms with Crippen LogP contribution >= 0.6 is 0 Å². The summed E-state index contributed by atoms with van der Waals surface area (Å²) in [5.41, 5.74) is 0. The Kier molecular flexibility index (Phi) is 6.29. The first-order chi connectivity index (χ1) is 15.8. The highest BCUT2D eigenvalue weighted by Crippen LogP contribution is 2.27. The van der Waals surface area contributed by atoms with Crippen LogP contribution in [0.3, 0.4) is 0 Å². The summed E-state index contributed by atoms with van der Waals surface area (Å²) < 4.78 is 37.3. The number of rotatable bonds is 7. The van der Waals surface area contributed by atoms with Crippen LogP contribution in [0.5, 0.6) is 11.5 Å². The molecule has 0 spiro atoms. The third-order valence-electron chi connectivity index (χ3n) is 5.07. The van der Waals surface area contributed by atoms with Gasteiger partial charge in [0.05, 0.1) is 24.5 Å². The van der Waals surface area contributed by atoms with Crippen LogP contribution in [0.4, 0.5) is 25.3 Å². The molecule has 172 valence electrons. The van der Waals surface area contributed by atoms with Gasteiger partial charge < -0.3 is 14.8 Å². The van der Waals surface area contributed by atoms with E-state index in [0.717, 1.165) is 12.1 Å². The van der Waals surface area contributed by atoms with Crippen molar-refractivity contribution in [3.63, 3.8) is 0 Å². The first-order valence-corrected chi connectivity index (χ1v) is 10.3. The summed E-state index contributed by atoms with van der Waals surface area (Å²) in [4.78, 5) is 30.8. The topological polar surface area (TPSA) is 102 Å². The highest BCUT2D eigenvalue weighted by Gasteiger charge is 2.37. The number of nitrogens with zero attached hydrogens (tertiary/aromatic N) is 5. The van der Waals surface area contributed by atoms with E-state index in [1.807, 2.05) is 20.8 Å². The quantitative estimate of drug-likeness (QED) is 0.555. The van der Waals surface area contributed by atoms with Crippen molar-refractivity contribution in [1.82, 2.24) is 19.9 Å². The molecule has 0 bridgehead atoms. The van der Waals surface area contributed by atoms with E-state index >= 15 is 0 Å². The molecule has 0 radical (unpaired) electrons. The Morgan fingerprint density at radius 1 is 1.15 bits per heavy atom. The molecule has 2 atom stereocenters. The van der Waals surface area contributed by atoms with Crippen LogP contribution in [0.25, 0.3) is 0 Å². The predicted molar refractivity (Wildman–Crippen MR) is 115 cm³/mol. The molecule has 33 heavy (non-hydrogen) atoms. The largest absolute Gasteiger partial charge is 0.451 e. The predicted octanol–water partition coefficient (Wildman–Crippen LogP) is 4.49. The van der Waals surface area contributed by atoms with E-state index in [1.165, 1.54) is 23.4 Å². The molecular formula is C22H22F2N6O3. The number of carbonyl (C=O) groups excluding carboxylic acids is 1. The molecule has 1 aliphatic rings. The van der Waals surface area contributed by atoms with Crippen molar-refractivity contribution < 1.29 is 23.0 Å². The number of hydrogen-bond acceptors (Lipinski definition) is 8. The summed E-state index contributed by atoms with van der Waals surface area (Å²) in [6, 6.07) is 4.17. The fourth-order valence-electron chi connectivity index (χ4n) is 3.29. The van der Waals surface area contributed by atoms with Gasteiger partial charge in [0, 0.05) is 12.3 Å². The molecule has 0 saturated carbocycles. The van der Waals surface area contributed by atoms with Crippen molar-refractivity contribution in [1.29, 1.82) is 0 Å². The lowest BCUT2D eigenvalue weighted by atomic mass is 10.0. The summed E-state index contributed by atoms with van der Waals surface area (Å²) in [5, 5.41) is 3.10. The van der Waals surface area contributed by atoms with Crippen LogP contribution in [-0.2, 0) is 4.74 Å². The first kappa shape index (κ1) is 22.3. The molecule has 1 aliphatic heterocycles. The molecule has 1 fully saturated rings. The Morgan fingerprint density at radius 2 is 1.91 bits per heavy atom. The van der Waals surface area contributed by atoms with Gasteiger partial charge in [0.25, 0.3) is 0 Å². The Hall–Kier alpha value is -3.89. The van der Waals surface area contributed by atoms with Gasteiger partial charge >= 0.3 is 6.09 Å². The molecular weight excluding hydrogens is 434 g/mol. The van der Waals surface area contributed by atoms with Gasteiger partial charge in [0.15, 0.2) is 23.1 Å². The normalized spacial score (nSPS) is 16.6. The lowest BCUT2D eigenvalue weighted by molar-refractivity contribution is 0.177. The number of aromatic nitrogens is 4. The van der Waals surface area contributed by atoms with Crippen LogP contribution < -0.4 is 15.0 Å². The van der Waals surface area contributed by atoms with Gasteiger partial charge in [-0.2, -0.15) is 4.98 Å². The SMILES string of the molecule is CC(C)[C@H]1COC(=O)N1c1ccnc(N[C@@H](C)c2ncc(Oc3ccc(F)cc3F)cn2)n1. The van der Waals surface area contributed by atoms with E-state index in [-0.39, 0.29) is 29.5 Å². The maximum atomic E-state index is 13.8. The van der Waals surface area contributed by atoms with Crippen molar-refractivity contribution in [2.24, 2.45) is 5.92 Å². The van der Waals surface area contributed by atoms with Gasteiger partial charge in [-0.1, -0.05) is 13.8 Å². The minimum atomic E-state index is -0.826. The summed E-state index contributed by atoms with van der Waals surface area (Å²) in [6.07, 6.45) is 3.88. The van der Waals surface area contributed by atoms with Gasteiger partial charge in [-0.3, -0.25) is 4.90 Å². The summed E-state index contributed by atoms with van der Waals surface area (Å²) in [5.74, 6) is -0.125. The molecule has 0 unspecified atom stereocenters. The minimum Gasteiger partial charge on any atom is -0.451 e. The average molecular weight is 456 g/mol. The van der Waals surface area contributed by atoms with E-state index in [1.54, 1.807) is 12.3 Å². The van der Waals surface area contributed by atoms with E-state index < -0.39 is 17.7 Å². The van der Waals surface area contributed by atoms with E-state index in [4.69, 9.17) is 9.47 Å². The average Bonchev–Trinajstić information content (AvgIpc) is 3.18. The highest BCUT2D eigenvalue weighted by atomic mass is 19.1. The van der Waals surface area contributed by atoms with Gasteiger partial charge in [0.1, 0.15) is 18.2 Å². The molecule has 1 aromatic carbocycles. The van der Waals surface area contributed by atoms with E-state index in [0.29, 0.717) is 24.2 Å². The first-order valence-electron chi connectivity index (χ1n) is 10.3. The number of nitrogens with one attached hydrogen (secondary N) is 1. The molecule has 0 aliphatic carbocycles. The van der Waals surface area contributed by atoms with Gasteiger partial charge in [-0.15, -0.1) is 0 Å². The third kappa shape index (κ3) is 4.97. The molecule has 3 heterocycles. The van der Waals surface area contributed by atoms with Crippen molar-refractivity contribution in [3.8, 4) is 11.5 Å². The lowest BCUT2D eigenvalue weighted by Gasteiger charge is -2.23. The third-order valence-corrected chi connectivity index (χ3v) is 5.07. The maximum Gasteiger partial charge on any atom is 0.415 e. The Balaban J connectivity index is 1.44. The van der Waals surface area contributed by atoms with Crippen LogP contribution in [0, 0.1) is 17.6 Å². The Bertz CT molecular complexity index is 1150. The maximum absolute atomic E-state index is 13.8. The minimum absolute atomic E-state index is 0.112. The van der Waals surface area contributed by atoms with Crippen LogP contribution in [0.15, 0.2) is 42.9 Å². The fourth-order valence-corrected chi connectivity index (χ4v) is 3.29. The molecule has 1 N–H and O–H groups in total. The van der Waals surface area contributed by atoms with Gasteiger partial charge in [-0.05, 0) is 31.0 Å². The van der Waals surface area contributed by atoms with Crippen molar-refractivity contribution in [3.05, 3.63) is 60.3 Å². The van der Waals surface area contributed by atoms with Crippen molar-refractivity contribution >= 4 is 17.9 Å². The molecule has 2 aromatic heterocycles. The second kappa shape index (κ2) is 9.31. The van der Waals surface area contributed by atoms with Gasteiger partial charge in [0.2, 0.25) is 5.95 Å². The standard InChI is InChI=1S/C22H22F2N6O3/c1-12(2)17-11-32-22(31)30(17)19-6-7-25-21(29-19)28-13(3)20-26-9-15(10-27-20)33-18-5-4-14(23)8-16(18)24/h4-10,12-13,17H,11H2,1-3H3,(H,25,28,29)/t13-,17+/m0/s1. The van der Waals surface area contributed by atoms with Crippen LogP contribution in [0.2, 0.25) is 0 Å². The molecule has 9 nitrogen and oxygen atoms in total. The second-order valence-corrected chi connectivity index (χ2v) is 7.82. The molecule has 1 amide bonds. The summed E-state index contributed by atoms with van der Waals surface area (Å²) in [7, 11) is 0. The number of carbonyl (C=O) groups is 1. The Labute approximate surface area is 188 Å². The summed E-state index contributed by atoms with van der Waals surface area (Å²) >= 11 is 0. The summed E-state index contributed by atoms with van der Waals surface area (Å²) in [6.45, 7) is 6.14. The zero-order chi connectivity index (χ0) is 23.5. The smallest absolute Gasteiger partial charge is 0.415 e. The number of anilines is 2. The number of halogens is 2. The van der Waals surface area contributed by atoms with Crippen LogP contribution in [0.1, 0.15) is 32.6 Å².